The zero-order chi connectivity index (χ0) is 14.7. The number of piperazine rings is 1. The Morgan fingerprint density at radius 3 is 2.60 bits per heavy atom. The highest BCUT2D eigenvalue weighted by atomic mass is 19.1. The molecule has 5 heteroatoms. The summed E-state index contributed by atoms with van der Waals surface area (Å²) in [6, 6.07) is 4.91. The highest BCUT2D eigenvalue weighted by Crippen LogP contribution is 2.19. The minimum atomic E-state index is -0.533. The van der Waals surface area contributed by atoms with Gasteiger partial charge in [0.25, 0.3) is 5.91 Å². The molecule has 1 heterocycles. The van der Waals surface area contributed by atoms with Crippen LogP contribution in [0.1, 0.15) is 30.6 Å². The molecular formula is C15H22FN3O. The molecular weight excluding hydrogens is 257 g/mol. The summed E-state index contributed by atoms with van der Waals surface area (Å²) in [5.74, 6) is -0.708. The minimum absolute atomic E-state index is 0.0538. The van der Waals surface area contributed by atoms with E-state index in [4.69, 9.17) is 5.73 Å². The standard InChI is InChI=1S/C15H22FN3O/c1-3-11(2)18-7-9-19(10-8-18)15(20)12-5-4-6-13(16)14(12)17/h4-6,11H,3,7-10,17H2,1-2H3. The van der Waals surface area contributed by atoms with Crippen molar-refractivity contribution in [2.75, 3.05) is 31.9 Å². The Labute approximate surface area is 119 Å². The van der Waals surface area contributed by atoms with E-state index in [1.54, 1.807) is 11.0 Å². The molecule has 20 heavy (non-hydrogen) atoms. The minimum Gasteiger partial charge on any atom is -0.396 e. The van der Waals surface area contributed by atoms with Crippen molar-refractivity contribution in [2.45, 2.75) is 26.3 Å². The molecule has 4 nitrogen and oxygen atoms in total. The number of para-hydroxylation sites is 1. The number of nitrogens with zero attached hydrogens (tertiary/aromatic N) is 2. The fourth-order valence-corrected chi connectivity index (χ4v) is 2.52. The van der Waals surface area contributed by atoms with Gasteiger partial charge >= 0.3 is 0 Å². The SMILES string of the molecule is CCC(C)N1CCN(C(=O)c2cccc(F)c2N)CC1. The summed E-state index contributed by atoms with van der Waals surface area (Å²) in [5, 5.41) is 0. The van der Waals surface area contributed by atoms with E-state index in [2.05, 4.69) is 18.7 Å². The van der Waals surface area contributed by atoms with Crippen LogP contribution in [0.15, 0.2) is 18.2 Å². The molecule has 0 bridgehead atoms. The average molecular weight is 279 g/mol. The first kappa shape index (κ1) is 14.8. The summed E-state index contributed by atoms with van der Waals surface area (Å²) in [6.07, 6.45) is 1.10. The van der Waals surface area contributed by atoms with Crippen LogP contribution in [0.25, 0.3) is 0 Å². The van der Waals surface area contributed by atoms with Crippen molar-refractivity contribution in [3.63, 3.8) is 0 Å². The number of nitrogen functional groups attached to an aromatic ring is 1. The van der Waals surface area contributed by atoms with Crippen LogP contribution in [-0.2, 0) is 0 Å². The van der Waals surface area contributed by atoms with E-state index in [-0.39, 0.29) is 17.2 Å². The molecule has 1 aromatic rings. The maximum Gasteiger partial charge on any atom is 0.256 e. The molecule has 1 aromatic carbocycles. The molecule has 110 valence electrons. The summed E-state index contributed by atoms with van der Waals surface area (Å²) in [6.45, 7) is 7.40. The van der Waals surface area contributed by atoms with E-state index < -0.39 is 5.82 Å². The van der Waals surface area contributed by atoms with E-state index in [0.717, 1.165) is 19.5 Å². The molecule has 0 saturated carbocycles. The van der Waals surface area contributed by atoms with Crippen molar-refractivity contribution in [1.29, 1.82) is 0 Å². The smallest absolute Gasteiger partial charge is 0.256 e. The largest absolute Gasteiger partial charge is 0.396 e. The fraction of sp³-hybridized carbons (Fsp3) is 0.533. The molecule has 2 rings (SSSR count). The number of benzene rings is 1. The molecule has 0 aromatic heterocycles. The Hall–Kier alpha value is -1.62. The third-order valence-electron chi connectivity index (χ3n) is 4.10. The second-order valence-corrected chi connectivity index (χ2v) is 5.29. The van der Waals surface area contributed by atoms with Crippen LogP contribution in [0.2, 0.25) is 0 Å². The predicted octanol–water partition coefficient (Wildman–Crippen LogP) is 1.96. The van der Waals surface area contributed by atoms with Gasteiger partial charge in [0.15, 0.2) is 0 Å². The van der Waals surface area contributed by atoms with Gasteiger partial charge in [0.05, 0.1) is 11.3 Å². The van der Waals surface area contributed by atoms with Gasteiger partial charge in [-0.25, -0.2) is 4.39 Å². The molecule has 0 spiro atoms. The highest BCUT2D eigenvalue weighted by molar-refractivity contribution is 5.99. The lowest BCUT2D eigenvalue weighted by atomic mass is 10.1. The molecule has 0 radical (unpaired) electrons. The van der Waals surface area contributed by atoms with Crippen LogP contribution in [0.3, 0.4) is 0 Å². The quantitative estimate of drug-likeness (QED) is 0.861. The van der Waals surface area contributed by atoms with E-state index >= 15 is 0 Å². The van der Waals surface area contributed by atoms with Gasteiger partial charge in [-0.05, 0) is 25.5 Å². The van der Waals surface area contributed by atoms with Crippen molar-refractivity contribution in [1.82, 2.24) is 9.80 Å². The van der Waals surface area contributed by atoms with Crippen LogP contribution in [0, 0.1) is 5.82 Å². The monoisotopic (exact) mass is 279 g/mol. The van der Waals surface area contributed by atoms with E-state index in [1.165, 1.54) is 12.1 Å². The summed E-state index contributed by atoms with van der Waals surface area (Å²) >= 11 is 0. The van der Waals surface area contributed by atoms with Crippen molar-refractivity contribution < 1.29 is 9.18 Å². The molecule has 1 fully saturated rings. The third kappa shape index (κ3) is 2.93. The second-order valence-electron chi connectivity index (χ2n) is 5.29. The molecule has 1 atom stereocenters. The molecule has 1 saturated heterocycles. The molecule has 1 aliphatic rings. The Morgan fingerprint density at radius 1 is 1.35 bits per heavy atom. The highest BCUT2D eigenvalue weighted by Gasteiger charge is 2.25. The summed E-state index contributed by atoms with van der Waals surface area (Å²) < 4.78 is 13.4. The van der Waals surface area contributed by atoms with Crippen LogP contribution in [-0.4, -0.2) is 47.9 Å². The number of anilines is 1. The van der Waals surface area contributed by atoms with E-state index in [0.29, 0.717) is 19.1 Å². The molecule has 0 aliphatic carbocycles. The lowest BCUT2D eigenvalue weighted by molar-refractivity contribution is 0.0580. The maximum absolute atomic E-state index is 13.4. The van der Waals surface area contributed by atoms with Gasteiger partial charge in [-0.1, -0.05) is 13.0 Å². The Kier molecular flexibility index (Phi) is 4.60. The van der Waals surface area contributed by atoms with Gasteiger partial charge in [0, 0.05) is 32.2 Å². The number of halogens is 1. The van der Waals surface area contributed by atoms with Gasteiger partial charge in [0.2, 0.25) is 0 Å². The van der Waals surface area contributed by atoms with Gasteiger partial charge in [-0.2, -0.15) is 0 Å². The number of nitrogens with two attached hydrogens (primary N) is 1. The number of amides is 1. The molecule has 1 unspecified atom stereocenters. The first-order valence-corrected chi connectivity index (χ1v) is 7.12. The van der Waals surface area contributed by atoms with Crippen LogP contribution in [0.5, 0.6) is 0 Å². The zero-order valence-electron chi connectivity index (χ0n) is 12.1. The van der Waals surface area contributed by atoms with Crippen LogP contribution in [0.4, 0.5) is 10.1 Å². The number of hydrogen-bond acceptors (Lipinski definition) is 3. The molecule has 2 N–H and O–H groups in total. The van der Waals surface area contributed by atoms with Crippen molar-refractivity contribution in [3.05, 3.63) is 29.6 Å². The van der Waals surface area contributed by atoms with Gasteiger partial charge in [-0.3, -0.25) is 9.69 Å². The average Bonchev–Trinajstić information content (AvgIpc) is 2.48. The van der Waals surface area contributed by atoms with Crippen molar-refractivity contribution in [3.8, 4) is 0 Å². The lowest BCUT2D eigenvalue weighted by Gasteiger charge is -2.38. The fourth-order valence-electron chi connectivity index (χ4n) is 2.52. The van der Waals surface area contributed by atoms with Crippen molar-refractivity contribution >= 4 is 11.6 Å². The Balaban J connectivity index is 2.03. The van der Waals surface area contributed by atoms with Gasteiger partial charge < -0.3 is 10.6 Å². The zero-order valence-corrected chi connectivity index (χ0v) is 12.1. The molecule has 1 aliphatic heterocycles. The predicted molar refractivity (Wildman–Crippen MR) is 78.0 cm³/mol. The first-order valence-electron chi connectivity index (χ1n) is 7.12. The van der Waals surface area contributed by atoms with Crippen molar-refractivity contribution in [2.24, 2.45) is 0 Å². The summed E-state index contributed by atoms with van der Waals surface area (Å²) in [4.78, 5) is 16.5. The number of hydrogen-bond donors (Lipinski definition) is 1. The van der Waals surface area contributed by atoms with Crippen LogP contribution < -0.4 is 5.73 Å². The Bertz CT molecular complexity index is 484. The van der Waals surface area contributed by atoms with Gasteiger partial charge in [-0.15, -0.1) is 0 Å². The van der Waals surface area contributed by atoms with E-state index in [9.17, 15) is 9.18 Å². The maximum atomic E-state index is 13.4. The van der Waals surface area contributed by atoms with Crippen LogP contribution >= 0.6 is 0 Å². The Morgan fingerprint density at radius 2 is 2.00 bits per heavy atom. The van der Waals surface area contributed by atoms with Gasteiger partial charge in [0.1, 0.15) is 5.82 Å². The number of rotatable bonds is 3. The second kappa shape index (κ2) is 6.22. The first-order chi connectivity index (χ1) is 9.54. The third-order valence-corrected chi connectivity index (χ3v) is 4.10. The topological polar surface area (TPSA) is 49.6 Å². The lowest BCUT2D eigenvalue weighted by Crippen LogP contribution is -2.51. The number of carbonyl (C=O) groups is 1. The summed E-state index contributed by atoms with van der Waals surface area (Å²) in [7, 11) is 0. The normalized spacial score (nSPS) is 18.1. The van der Waals surface area contributed by atoms with E-state index in [1.807, 2.05) is 0 Å². The number of carbonyl (C=O) groups excluding carboxylic acids is 1. The summed E-state index contributed by atoms with van der Waals surface area (Å²) in [5.41, 5.74) is 5.87. The molecule has 1 amide bonds.